The third-order valence-electron chi connectivity index (χ3n) is 10.2. The number of likely N-dealkylation sites (N-methyl/N-ethyl adjacent to an activating group) is 2. The van der Waals surface area contributed by atoms with Crippen molar-refractivity contribution >= 4 is 29.7 Å². The molecule has 5 atom stereocenters. The number of amides is 3. The van der Waals surface area contributed by atoms with Crippen molar-refractivity contribution in [2.24, 2.45) is 22.4 Å². The van der Waals surface area contributed by atoms with Crippen LogP contribution in [0.3, 0.4) is 0 Å². The summed E-state index contributed by atoms with van der Waals surface area (Å²) >= 11 is 0. The maximum atomic E-state index is 13.2. The molecule has 47 heavy (non-hydrogen) atoms. The van der Waals surface area contributed by atoms with E-state index in [1.807, 2.05) is 6.07 Å². The van der Waals surface area contributed by atoms with E-state index in [9.17, 15) is 19.2 Å². The Hall–Kier alpha value is -4.65. The van der Waals surface area contributed by atoms with E-state index < -0.39 is 24.1 Å². The predicted octanol–water partition coefficient (Wildman–Crippen LogP) is 1.32. The maximum Gasteiger partial charge on any atom is 0.415 e. The van der Waals surface area contributed by atoms with Crippen molar-refractivity contribution in [1.82, 2.24) is 20.4 Å². The van der Waals surface area contributed by atoms with Gasteiger partial charge in [-0.1, -0.05) is 24.3 Å². The minimum Gasteiger partial charge on any atom is -0.477 e. The number of ketones is 1. The second-order valence-electron chi connectivity index (χ2n) is 13.0. The largest absolute Gasteiger partial charge is 0.477 e. The van der Waals surface area contributed by atoms with Crippen LogP contribution in [0.25, 0.3) is 0 Å². The van der Waals surface area contributed by atoms with Gasteiger partial charge in [-0.05, 0) is 75.4 Å². The smallest absolute Gasteiger partial charge is 0.415 e. The topological polar surface area (TPSA) is 182 Å². The summed E-state index contributed by atoms with van der Waals surface area (Å²) in [4.78, 5) is 60.0. The molecule has 0 aromatic heterocycles. The Morgan fingerprint density at radius 3 is 2.74 bits per heavy atom. The number of hydrogen-bond donors (Lipinski definition) is 4. The monoisotopic (exact) mass is 645 g/mol. The number of benzene rings is 2. The maximum absolute atomic E-state index is 13.2. The number of Topliss-reactive ketones (excluding diaryl/α,β-unsaturated/α-hetero) is 1. The standard InChI is InChI=1S/C34H43N7O6/c1-40-17-14-34-22-11-12-25(42)29(34)47-28-26(13-10-21(27(28)34)19-24(22)40)46-33(45)41(2)18-16-37-31(44)23(9-6-15-38-32(35)36)39-30(43)20-7-4-3-5-8-20/h3-5,7-8,10,13,22-24,29H,6,9,11-12,14-19H2,1-2H3,(H,37,44)(H,39,43)(H4,35,36,38)/t22?,23-,24+,29?,34-/m0/s1. The lowest BCUT2D eigenvalue weighted by atomic mass is 9.52. The first kappa shape index (κ1) is 32.3. The van der Waals surface area contributed by atoms with Crippen molar-refractivity contribution in [3.63, 3.8) is 0 Å². The molecular weight excluding hydrogens is 602 g/mol. The fraction of sp³-hybridized carbons (Fsp3) is 0.500. The molecule has 2 aromatic rings. The molecule has 0 radical (unpaired) electrons. The molecule has 2 bridgehead atoms. The van der Waals surface area contributed by atoms with Crippen molar-refractivity contribution in [2.45, 2.75) is 62.1 Å². The number of carbonyl (C=O) groups excluding carboxylic acids is 4. The third-order valence-corrected chi connectivity index (χ3v) is 10.2. The summed E-state index contributed by atoms with van der Waals surface area (Å²) in [6.45, 7) is 1.48. The van der Waals surface area contributed by atoms with E-state index in [4.69, 9.17) is 20.9 Å². The number of guanidine groups is 1. The molecule has 1 saturated heterocycles. The summed E-state index contributed by atoms with van der Waals surface area (Å²) in [6.07, 6.45) is 2.67. The van der Waals surface area contributed by atoms with Crippen LogP contribution in [0, 0.1) is 5.92 Å². The average molecular weight is 646 g/mol. The first-order chi connectivity index (χ1) is 22.6. The minimum atomic E-state index is -0.834. The Labute approximate surface area is 274 Å². The predicted molar refractivity (Wildman–Crippen MR) is 174 cm³/mol. The second kappa shape index (κ2) is 13.2. The van der Waals surface area contributed by atoms with Gasteiger partial charge in [-0.25, -0.2) is 4.79 Å². The number of carbonyl (C=O) groups is 4. The van der Waals surface area contributed by atoms with Crippen LogP contribution in [-0.4, -0.2) is 97.9 Å². The van der Waals surface area contributed by atoms with Crippen molar-refractivity contribution in [1.29, 1.82) is 0 Å². The number of piperidine rings is 1. The van der Waals surface area contributed by atoms with Gasteiger partial charge >= 0.3 is 6.09 Å². The molecule has 6 rings (SSSR count). The SMILES string of the molecule is CN(CCNC(=O)[C@H](CCCN=C(N)N)NC(=O)c1ccccc1)C(=O)Oc1ccc2c3c1OC1C(=O)CCC4[C@@H](C2)N(C)CC[C@]314. The lowest BCUT2D eigenvalue weighted by Gasteiger charge is -2.57. The van der Waals surface area contributed by atoms with Crippen LogP contribution in [0.15, 0.2) is 47.5 Å². The summed E-state index contributed by atoms with van der Waals surface area (Å²) in [5, 5.41) is 5.60. The van der Waals surface area contributed by atoms with Crippen LogP contribution >= 0.6 is 0 Å². The number of nitrogens with two attached hydrogens (primary N) is 2. The number of nitrogens with one attached hydrogen (secondary N) is 2. The highest BCUT2D eigenvalue weighted by atomic mass is 16.6. The molecule has 1 spiro atoms. The quantitative estimate of drug-likeness (QED) is 0.159. The molecule has 250 valence electrons. The lowest BCUT2D eigenvalue weighted by Crippen LogP contribution is -2.65. The molecule has 2 aliphatic heterocycles. The zero-order valence-electron chi connectivity index (χ0n) is 26.9. The van der Waals surface area contributed by atoms with Gasteiger partial charge in [0.2, 0.25) is 5.91 Å². The van der Waals surface area contributed by atoms with Crippen molar-refractivity contribution in [2.75, 3.05) is 40.3 Å². The number of aliphatic imine (C=N–C) groups is 1. The Balaban J connectivity index is 1.08. The van der Waals surface area contributed by atoms with Crippen LogP contribution in [0.2, 0.25) is 0 Å². The number of rotatable bonds is 11. The summed E-state index contributed by atoms with van der Waals surface area (Å²) in [5.41, 5.74) is 13.1. The van der Waals surface area contributed by atoms with E-state index in [1.165, 1.54) is 4.90 Å². The van der Waals surface area contributed by atoms with E-state index in [0.29, 0.717) is 54.8 Å². The minimum absolute atomic E-state index is 0.0453. The lowest BCUT2D eigenvalue weighted by molar-refractivity contribution is -0.138. The fourth-order valence-electron chi connectivity index (χ4n) is 7.93. The van der Waals surface area contributed by atoms with Gasteiger partial charge in [0.05, 0.1) is 0 Å². The van der Waals surface area contributed by atoms with Crippen molar-refractivity contribution < 1.29 is 28.7 Å². The zero-order chi connectivity index (χ0) is 33.3. The highest BCUT2D eigenvalue weighted by molar-refractivity contribution is 5.97. The molecule has 13 heteroatoms. The van der Waals surface area contributed by atoms with Gasteiger partial charge in [-0.15, -0.1) is 0 Å². The first-order valence-corrected chi connectivity index (χ1v) is 16.3. The first-order valence-electron chi connectivity index (χ1n) is 16.3. The Kier molecular flexibility index (Phi) is 9.09. The highest BCUT2D eigenvalue weighted by Gasteiger charge is 2.65. The Morgan fingerprint density at radius 1 is 1.19 bits per heavy atom. The molecular formula is C34H43N7O6. The molecule has 1 saturated carbocycles. The summed E-state index contributed by atoms with van der Waals surface area (Å²) in [5.74, 6) is 0.448. The van der Waals surface area contributed by atoms with Gasteiger partial charge in [-0.3, -0.25) is 19.4 Å². The molecule has 6 N–H and O–H groups in total. The zero-order valence-corrected chi connectivity index (χ0v) is 26.9. The van der Waals surface area contributed by atoms with Gasteiger partial charge in [0, 0.05) is 55.7 Å². The molecule has 2 fully saturated rings. The van der Waals surface area contributed by atoms with Crippen LogP contribution in [0.1, 0.15) is 53.6 Å². The van der Waals surface area contributed by atoms with Crippen LogP contribution in [-0.2, 0) is 21.4 Å². The van der Waals surface area contributed by atoms with Crippen molar-refractivity contribution in [3.8, 4) is 11.5 Å². The number of hydrogen-bond acceptors (Lipinski definition) is 8. The summed E-state index contributed by atoms with van der Waals surface area (Å²) < 4.78 is 12.3. The molecule has 2 unspecified atom stereocenters. The average Bonchev–Trinajstić information content (AvgIpc) is 3.42. The van der Waals surface area contributed by atoms with Gasteiger partial charge in [0.1, 0.15) is 6.04 Å². The summed E-state index contributed by atoms with van der Waals surface area (Å²) in [7, 11) is 3.74. The number of nitrogens with zero attached hydrogens (tertiary/aromatic N) is 3. The Bertz CT molecular complexity index is 1580. The van der Waals surface area contributed by atoms with E-state index >= 15 is 0 Å². The normalized spacial score (nSPS) is 24.3. The molecule has 13 nitrogen and oxygen atoms in total. The van der Waals surface area contributed by atoms with Crippen LogP contribution in [0.4, 0.5) is 4.79 Å². The molecule has 2 heterocycles. The van der Waals surface area contributed by atoms with Gasteiger partial charge < -0.3 is 41.4 Å². The number of likely N-dealkylation sites (tertiary alicyclic amines) is 1. The van der Waals surface area contributed by atoms with Gasteiger partial charge in [0.25, 0.3) is 5.91 Å². The van der Waals surface area contributed by atoms with Crippen molar-refractivity contribution in [3.05, 3.63) is 59.2 Å². The van der Waals surface area contributed by atoms with Crippen LogP contribution in [0.5, 0.6) is 11.5 Å². The van der Waals surface area contributed by atoms with E-state index in [0.717, 1.165) is 36.9 Å². The fourth-order valence-corrected chi connectivity index (χ4v) is 7.93. The third kappa shape index (κ3) is 6.11. The highest BCUT2D eigenvalue weighted by Crippen LogP contribution is 2.63. The van der Waals surface area contributed by atoms with Crippen LogP contribution < -0.4 is 31.6 Å². The van der Waals surface area contributed by atoms with Gasteiger partial charge in [-0.2, -0.15) is 0 Å². The molecule has 3 amide bonds. The second-order valence-corrected chi connectivity index (χ2v) is 13.0. The molecule has 2 aromatic carbocycles. The summed E-state index contributed by atoms with van der Waals surface area (Å²) in [6, 6.07) is 11.9. The van der Waals surface area contributed by atoms with E-state index in [1.54, 1.807) is 43.4 Å². The number of ether oxygens (including phenoxy) is 2. The molecule has 4 aliphatic rings. The van der Waals surface area contributed by atoms with Gasteiger partial charge in [0.15, 0.2) is 29.3 Å². The molecule has 2 aliphatic carbocycles. The van der Waals surface area contributed by atoms with E-state index in [-0.39, 0.29) is 36.2 Å². The van der Waals surface area contributed by atoms with E-state index in [2.05, 4.69) is 27.6 Å². The Morgan fingerprint density at radius 2 is 1.98 bits per heavy atom.